The number of carboxylic acid groups (broad SMARTS) is 1. The van der Waals surface area contributed by atoms with Crippen LogP contribution in [0.5, 0.6) is 0 Å². The summed E-state index contributed by atoms with van der Waals surface area (Å²) in [5.74, 6) is -1.17. The maximum Gasteiger partial charge on any atom is 0.341 e. The van der Waals surface area contributed by atoms with Crippen LogP contribution in [0.4, 0.5) is 10.1 Å². The van der Waals surface area contributed by atoms with E-state index >= 15 is 4.39 Å². The number of nitrogens with zero attached hydrogens (tertiary/aromatic N) is 2. The number of carboxylic acids is 1. The van der Waals surface area contributed by atoms with Gasteiger partial charge in [0.2, 0.25) is 0 Å². The maximum absolute atomic E-state index is 15.2. The second-order valence-electron chi connectivity index (χ2n) is 8.73. The van der Waals surface area contributed by atoms with Crippen LogP contribution in [0, 0.1) is 18.7 Å². The molecule has 2 saturated carbocycles. The molecule has 3 fully saturated rings. The van der Waals surface area contributed by atoms with Crippen LogP contribution in [0.2, 0.25) is 0 Å². The van der Waals surface area contributed by atoms with E-state index in [9.17, 15) is 14.7 Å². The molecule has 3 heterocycles. The molecule has 0 unspecified atom stereocenters. The lowest BCUT2D eigenvalue weighted by Crippen LogP contribution is -2.35. The monoisotopic (exact) mass is 385 g/mol. The van der Waals surface area contributed by atoms with Gasteiger partial charge in [0, 0.05) is 18.6 Å². The van der Waals surface area contributed by atoms with E-state index in [2.05, 4.69) is 4.90 Å². The molecule has 148 valence electrons. The Hall–Kier alpha value is -2.41. The third-order valence-electron chi connectivity index (χ3n) is 6.83. The quantitative estimate of drug-likeness (QED) is 0.845. The van der Waals surface area contributed by atoms with Crippen LogP contribution in [0.3, 0.4) is 0 Å². The van der Waals surface area contributed by atoms with Crippen LogP contribution < -0.4 is 16.2 Å². The van der Waals surface area contributed by atoms with Crippen molar-refractivity contribution >= 4 is 17.2 Å². The number of carbonyl (C=O) groups is 1. The van der Waals surface area contributed by atoms with E-state index in [0.717, 1.165) is 50.8 Å². The maximum atomic E-state index is 15.2. The predicted octanol–water partition coefficient (Wildman–Crippen LogP) is 2.64. The summed E-state index contributed by atoms with van der Waals surface area (Å²) in [6.45, 7) is 3.30. The number of pyridine rings is 2. The van der Waals surface area contributed by atoms with E-state index in [1.54, 1.807) is 0 Å². The van der Waals surface area contributed by atoms with Crippen LogP contribution in [0.25, 0.3) is 5.52 Å². The Morgan fingerprint density at radius 1 is 1.32 bits per heavy atom. The number of nitrogens with two attached hydrogens (primary N) is 1. The highest BCUT2D eigenvalue weighted by atomic mass is 19.1. The van der Waals surface area contributed by atoms with Gasteiger partial charge in [0.25, 0.3) is 5.56 Å². The van der Waals surface area contributed by atoms with Crippen molar-refractivity contribution in [3.05, 3.63) is 45.1 Å². The molecule has 1 saturated heterocycles. The Bertz CT molecular complexity index is 1070. The molecule has 1 atom stereocenters. The van der Waals surface area contributed by atoms with Crippen LogP contribution in [-0.4, -0.2) is 34.1 Å². The number of aryl methyl sites for hydroxylation is 1. The van der Waals surface area contributed by atoms with Gasteiger partial charge in [-0.05, 0) is 68.1 Å². The molecular formula is C21H24FN3O3. The van der Waals surface area contributed by atoms with Crippen molar-refractivity contribution in [2.45, 2.75) is 50.5 Å². The summed E-state index contributed by atoms with van der Waals surface area (Å²) in [4.78, 5) is 26.2. The molecule has 7 heteroatoms. The summed E-state index contributed by atoms with van der Waals surface area (Å²) in [5.41, 5.74) is 8.02. The van der Waals surface area contributed by atoms with Gasteiger partial charge < -0.3 is 15.7 Å². The topological polar surface area (TPSA) is 88.0 Å². The summed E-state index contributed by atoms with van der Waals surface area (Å²) < 4.78 is 16.4. The molecule has 0 spiro atoms. The first-order chi connectivity index (χ1) is 13.3. The van der Waals surface area contributed by atoms with Gasteiger partial charge in [0.15, 0.2) is 5.82 Å². The fourth-order valence-electron chi connectivity index (χ4n) is 4.87. The van der Waals surface area contributed by atoms with Crippen molar-refractivity contribution in [3.63, 3.8) is 0 Å². The van der Waals surface area contributed by atoms with E-state index in [0.29, 0.717) is 22.7 Å². The number of rotatable bonds is 4. The molecule has 3 aliphatic rings. The lowest BCUT2D eigenvalue weighted by atomic mass is 9.97. The fourth-order valence-corrected chi connectivity index (χ4v) is 4.87. The molecule has 0 amide bonds. The van der Waals surface area contributed by atoms with Crippen LogP contribution in [-0.2, 0) is 0 Å². The third kappa shape index (κ3) is 2.56. The van der Waals surface area contributed by atoms with Gasteiger partial charge in [0.05, 0.1) is 17.4 Å². The average molecular weight is 385 g/mol. The van der Waals surface area contributed by atoms with Gasteiger partial charge in [-0.2, -0.15) is 0 Å². The third-order valence-corrected chi connectivity index (χ3v) is 6.83. The molecule has 2 aromatic rings. The Morgan fingerprint density at radius 3 is 2.64 bits per heavy atom. The molecule has 5 rings (SSSR count). The summed E-state index contributed by atoms with van der Waals surface area (Å²) in [6.07, 6.45) is 6.09. The van der Waals surface area contributed by atoms with Crippen molar-refractivity contribution in [2.75, 3.05) is 18.0 Å². The Morgan fingerprint density at radius 2 is 2.04 bits per heavy atom. The van der Waals surface area contributed by atoms with Gasteiger partial charge in [-0.15, -0.1) is 0 Å². The van der Waals surface area contributed by atoms with E-state index < -0.39 is 17.3 Å². The minimum Gasteiger partial charge on any atom is -0.477 e. The van der Waals surface area contributed by atoms with Gasteiger partial charge in [-0.3, -0.25) is 9.20 Å². The highest BCUT2D eigenvalue weighted by Crippen LogP contribution is 2.46. The molecule has 2 aromatic heterocycles. The molecule has 2 aliphatic carbocycles. The first kappa shape index (κ1) is 17.7. The zero-order valence-electron chi connectivity index (χ0n) is 15.9. The Kier molecular flexibility index (Phi) is 3.66. The number of aromatic nitrogens is 1. The lowest BCUT2D eigenvalue weighted by Gasteiger charge is -2.25. The zero-order chi connectivity index (χ0) is 19.8. The highest BCUT2D eigenvalue weighted by Gasteiger charge is 2.48. The predicted molar refractivity (Wildman–Crippen MR) is 104 cm³/mol. The largest absolute Gasteiger partial charge is 0.477 e. The van der Waals surface area contributed by atoms with Crippen molar-refractivity contribution in [3.8, 4) is 0 Å². The van der Waals surface area contributed by atoms with E-state index in [4.69, 9.17) is 5.73 Å². The molecule has 0 bridgehead atoms. The number of hydrogen-bond acceptors (Lipinski definition) is 4. The first-order valence-electron chi connectivity index (χ1n) is 9.95. The highest BCUT2D eigenvalue weighted by molar-refractivity contribution is 5.89. The summed E-state index contributed by atoms with van der Waals surface area (Å²) >= 11 is 0. The average Bonchev–Trinajstić information content (AvgIpc) is 3.56. The number of fused-ring (bicyclic) bond motifs is 1. The Balaban J connectivity index is 1.68. The second-order valence-corrected chi connectivity index (χ2v) is 8.73. The number of aromatic carboxylic acids is 1. The van der Waals surface area contributed by atoms with Crippen molar-refractivity contribution in [1.29, 1.82) is 0 Å². The van der Waals surface area contributed by atoms with Crippen molar-refractivity contribution in [1.82, 2.24) is 4.40 Å². The molecule has 0 aromatic carbocycles. The Labute approximate surface area is 161 Å². The summed E-state index contributed by atoms with van der Waals surface area (Å²) in [5, 5.41) is 9.40. The van der Waals surface area contributed by atoms with Gasteiger partial charge >= 0.3 is 5.97 Å². The van der Waals surface area contributed by atoms with Gasteiger partial charge in [-0.25, -0.2) is 9.18 Å². The summed E-state index contributed by atoms with van der Waals surface area (Å²) in [7, 11) is 0. The summed E-state index contributed by atoms with van der Waals surface area (Å²) in [6, 6.07) is 1.50. The minimum absolute atomic E-state index is 0.0948. The van der Waals surface area contributed by atoms with Crippen LogP contribution in [0.15, 0.2) is 17.1 Å². The smallest absolute Gasteiger partial charge is 0.341 e. The fraction of sp³-hybridized carbons (Fsp3) is 0.524. The van der Waals surface area contributed by atoms with E-state index in [-0.39, 0.29) is 17.0 Å². The molecule has 0 radical (unpaired) electrons. The van der Waals surface area contributed by atoms with Gasteiger partial charge in [-0.1, -0.05) is 0 Å². The standard InChI is InChI=1S/C21H24FN3O3/c1-11-17-14(12-2-3-12)8-15(20(27)28)19(26)25(17)10-16(22)18(11)24-7-4-13(9-24)21(23)5-6-21/h8,10,12-13H,2-7,9,23H2,1H3,(H,27,28)/t13-/m0/s1. The van der Waals surface area contributed by atoms with Crippen molar-refractivity contribution < 1.29 is 14.3 Å². The first-order valence-corrected chi connectivity index (χ1v) is 9.95. The lowest BCUT2D eigenvalue weighted by molar-refractivity contribution is 0.0694. The molecular weight excluding hydrogens is 361 g/mol. The van der Waals surface area contributed by atoms with E-state index in [1.807, 2.05) is 6.92 Å². The molecule has 28 heavy (non-hydrogen) atoms. The van der Waals surface area contributed by atoms with E-state index in [1.165, 1.54) is 16.7 Å². The van der Waals surface area contributed by atoms with Crippen LogP contribution >= 0.6 is 0 Å². The van der Waals surface area contributed by atoms with Crippen LogP contribution in [0.1, 0.15) is 59.5 Å². The number of anilines is 1. The normalized spacial score (nSPS) is 23.4. The van der Waals surface area contributed by atoms with Crippen molar-refractivity contribution in [2.24, 2.45) is 11.7 Å². The minimum atomic E-state index is -1.27. The number of hydrogen-bond donors (Lipinski definition) is 2. The molecule has 1 aliphatic heterocycles. The molecule has 6 nitrogen and oxygen atoms in total. The second kappa shape index (κ2) is 5.80. The molecule has 3 N–H and O–H groups in total. The number of halogens is 1. The zero-order valence-corrected chi connectivity index (χ0v) is 15.9. The SMILES string of the molecule is Cc1c(N2CC[C@H](C3(N)CC3)C2)c(F)cn2c(=O)c(C(=O)O)cc(C3CC3)c12. The van der Waals surface area contributed by atoms with Gasteiger partial charge in [0.1, 0.15) is 5.56 Å².